The summed E-state index contributed by atoms with van der Waals surface area (Å²) in [6.07, 6.45) is 2.16. The van der Waals surface area contributed by atoms with Crippen LogP contribution in [0.3, 0.4) is 0 Å². The molecule has 1 aliphatic rings. The van der Waals surface area contributed by atoms with Gasteiger partial charge in [0.1, 0.15) is 5.54 Å². The first-order valence-corrected chi connectivity index (χ1v) is 7.26. The molecule has 110 valence electrons. The Labute approximate surface area is 120 Å². The molecule has 0 bridgehead atoms. The third kappa shape index (κ3) is 2.96. The van der Waals surface area contributed by atoms with E-state index in [1.165, 1.54) is 11.3 Å². The maximum absolute atomic E-state index is 12.0. The van der Waals surface area contributed by atoms with Gasteiger partial charge in [-0.1, -0.05) is 18.2 Å². The number of nitrogens with zero attached hydrogens (tertiary/aromatic N) is 1. The minimum absolute atomic E-state index is 0.338. The highest BCUT2D eigenvalue weighted by molar-refractivity contribution is 5.81. The van der Waals surface area contributed by atoms with Gasteiger partial charge in [0.15, 0.2) is 0 Å². The second-order valence-corrected chi connectivity index (χ2v) is 5.78. The molecule has 2 rings (SSSR count). The standard InChI is InChI=1S/C16H24N2O2/c1-4-20-15(19)16(3,17)11-18-12(2)9-10-13-7-5-6-8-14(13)18/h5-8,12H,4,9-11,17H2,1-3H3. The summed E-state index contributed by atoms with van der Waals surface area (Å²) in [6, 6.07) is 8.71. The SMILES string of the molecule is CCOC(=O)C(C)(N)CN1c2ccccc2CCC1C. The number of hydrogen-bond donors (Lipinski definition) is 1. The normalized spacial score (nSPS) is 21.0. The summed E-state index contributed by atoms with van der Waals surface area (Å²) in [5, 5.41) is 0. The molecule has 1 aliphatic heterocycles. The van der Waals surface area contributed by atoms with Gasteiger partial charge in [-0.25, -0.2) is 4.79 Å². The van der Waals surface area contributed by atoms with Crippen molar-refractivity contribution in [3.63, 3.8) is 0 Å². The van der Waals surface area contributed by atoms with Crippen LogP contribution in [-0.4, -0.2) is 30.7 Å². The maximum Gasteiger partial charge on any atom is 0.327 e. The van der Waals surface area contributed by atoms with Gasteiger partial charge in [-0.3, -0.25) is 0 Å². The molecule has 2 atom stereocenters. The Bertz CT molecular complexity index is 485. The highest BCUT2D eigenvalue weighted by atomic mass is 16.5. The molecule has 2 unspecified atom stereocenters. The molecule has 0 saturated heterocycles. The van der Waals surface area contributed by atoms with E-state index in [1.54, 1.807) is 13.8 Å². The number of fused-ring (bicyclic) bond motifs is 1. The van der Waals surface area contributed by atoms with Gasteiger partial charge in [-0.2, -0.15) is 0 Å². The van der Waals surface area contributed by atoms with E-state index in [0.717, 1.165) is 12.8 Å². The molecule has 1 heterocycles. The van der Waals surface area contributed by atoms with Gasteiger partial charge >= 0.3 is 5.97 Å². The molecule has 1 aromatic carbocycles. The first-order valence-electron chi connectivity index (χ1n) is 7.26. The molecule has 0 aromatic heterocycles. The number of para-hydroxylation sites is 1. The van der Waals surface area contributed by atoms with Gasteiger partial charge < -0.3 is 15.4 Å². The van der Waals surface area contributed by atoms with Crippen LogP contribution in [-0.2, 0) is 16.0 Å². The molecule has 1 aromatic rings. The molecular weight excluding hydrogens is 252 g/mol. The van der Waals surface area contributed by atoms with Crippen LogP contribution in [0.1, 0.15) is 32.8 Å². The van der Waals surface area contributed by atoms with E-state index in [-0.39, 0.29) is 5.97 Å². The van der Waals surface area contributed by atoms with Crippen LogP contribution in [0.5, 0.6) is 0 Å². The Hall–Kier alpha value is -1.55. The van der Waals surface area contributed by atoms with Gasteiger partial charge in [0.25, 0.3) is 0 Å². The minimum Gasteiger partial charge on any atom is -0.465 e. The largest absolute Gasteiger partial charge is 0.465 e. The van der Waals surface area contributed by atoms with Crippen molar-refractivity contribution in [1.29, 1.82) is 0 Å². The third-order valence-electron chi connectivity index (χ3n) is 3.91. The first kappa shape index (κ1) is 14.9. The number of rotatable bonds is 4. The number of benzene rings is 1. The lowest BCUT2D eigenvalue weighted by Crippen LogP contribution is -2.57. The Balaban J connectivity index is 2.22. The van der Waals surface area contributed by atoms with Crippen molar-refractivity contribution < 1.29 is 9.53 Å². The second kappa shape index (κ2) is 5.83. The fourth-order valence-corrected chi connectivity index (χ4v) is 2.72. The number of carbonyl (C=O) groups excluding carboxylic acids is 1. The van der Waals surface area contributed by atoms with Crippen molar-refractivity contribution in [3.8, 4) is 0 Å². The van der Waals surface area contributed by atoms with Crippen LogP contribution in [0.15, 0.2) is 24.3 Å². The molecule has 20 heavy (non-hydrogen) atoms. The van der Waals surface area contributed by atoms with Crippen LogP contribution in [0.4, 0.5) is 5.69 Å². The topological polar surface area (TPSA) is 55.6 Å². The van der Waals surface area contributed by atoms with Crippen molar-refractivity contribution in [2.24, 2.45) is 5.73 Å². The first-order chi connectivity index (χ1) is 9.45. The molecule has 2 N–H and O–H groups in total. The summed E-state index contributed by atoms with van der Waals surface area (Å²) in [5.41, 5.74) is 7.70. The zero-order valence-electron chi connectivity index (χ0n) is 12.6. The Morgan fingerprint density at radius 3 is 2.90 bits per heavy atom. The van der Waals surface area contributed by atoms with E-state index in [2.05, 4.69) is 30.0 Å². The predicted octanol–water partition coefficient (Wildman–Crippen LogP) is 2.11. The van der Waals surface area contributed by atoms with Crippen LogP contribution in [0.2, 0.25) is 0 Å². The number of carbonyl (C=O) groups is 1. The number of ether oxygens (including phenoxy) is 1. The molecule has 0 amide bonds. The van der Waals surface area contributed by atoms with Crippen molar-refractivity contribution in [2.75, 3.05) is 18.1 Å². The van der Waals surface area contributed by atoms with E-state index >= 15 is 0 Å². The summed E-state index contributed by atoms with van der Waals surface area (Å²) in [5.74, 6) is -0.338. The van der Waals surface area contributed by atoms with Crippen LogP contribution in [0, 0.1) is 0 Å². The predicted molar refractivity (Wildman–Crippen MR) is 80.8 cm³/mol. The number of esters is 1. The number of hydrogen-bond acceptors (Lipinski definition) is 4. The summed E-state index contributed by atoms with van der Waals surface area (Å²) in [7, 11) is 0. The lowest BCUT2D eigenvalue weighted by molar-refractivity contribution is -0.148. The van der Waals surface area contributed by atoms with Crippen molar-refractivity contribution >= 4 is 11.7 Å². The van der Waals surface area contributed by atoms with Crippen molar-refractivity contribution in [1.82, 2.24) is 0 Å². The average molecular weight is 276 g/mol. The van der Waals surface area contributed by atoms with Crippen LogP contribution in [0.25, 0.3) is 0 Å². The maximum atomic E-state index is 12.0. The monoisotopic (exact) mass is 276 g/mol. The molecule has 4 nitrogen and oxygen atoms in total. The highest BCUT2D eigenvalue weighted by Gasteiger charge is 2.35. The quantitative estimate of drug-likeness (QED) is 0.856. The van der Waals surface area contributed by atoms with E-state index in [9.17, 15) is 4.79 Å². The molecule has 0 spiro atoms. The van der Waals surface area contributed by atoms with Gasteiger partial charge in [0.2, 0.25) is 0 Å². The van der Waals surface area contributed by atoms with Crippen LogP contribution >= 0.6 is 0 Å². The van der Waals surface area contributed by atoms with E-state index in [0.29, 0.717) is 19.2 Å². The number of anilines is 1. The lowest BCUT2D eigenvalue weighted by atomic mass is 9.93. The minimum atomic E-state index is -0.991. The van der Waals surface area contributed by atoms with E-state index in [1.807, 2.05) is 6.07 Å². The van der Waals surface area contributed by atoms with Gasteiger partial charge in [0.05, 0.1) is 6.61 Å². The number of nitrogens with two attached hydrogens (primary N) is 1. The smallest absolute Gasteiger partial charge is 0.327 e. The number of aryl methyl sites for hydroxylation is 1. The van der Waals surface area contributed by atoms with Gasteiger partial charge in [-0.05, 0) is 45.2 Å². The van der Waals surface area contributed by atoms with Crippen molar-refractivity contribution in [3.05, 3.63) is 29.8 Å². The fraction of sp³-hybridized carbons (Fsp3) is 0.562. The van der Waals surface area contributed by atoms with Crippen molar-refractivity contribution in [2.45, 2.75) is 45.2 Å². The summed E-state index contributed by atoms with van der Waals surface area (Å²) in [4.78, 5) is 14.2. The average Bonchev–Trinajstić information content (AvgIpc) is 2.42. The molecule has 0 fully saturated rings. The highest BCUT2D eigenvalue weighted by Crippen LogP contribution is 2.31. The molecule has 0 aliphatic carbocycles. The lowest BCUT2D eigenvalue weighted by Gasteiger charge is -2.40. The summed E-state index contributed by atoms with van der Waals surface area (Å²) >= 11 is 0. The fourth-order valence-electron chi connectivity index (χ4n) is 2.72. The Morgan fingerprint density at radius 2 is 2.20 bits per heavy atom. The molecule has 4 heteroatoms. The van der Waals surface area contributed by atoms with E-state index in [4.69, 9.17) is 10.5 Å². The zero-order chi connectivity index (χ0) is 14.8. The third-order valence-corrected chi connectivity index (χ3v) is 3.91. The summed E-state index contributed by atoms with van der Waals surface area (Å²) < 4.78 is 5.08. The van der Waals surface area contributed by atoms with Gasteiger partial charge in [0, 0.05) is 18.3 Å². The zero-order valence-corrected chi connectivity index (χ0v) is 12.6. The van der Waals surface area contributed by atoms with Gasteiger partial charge in [-0.15, -0.1) is 0 Å². The summed E-state index contributed by atoms with van der Waals surface area (Å²) in [6.45, 7) is 6.56. The molecule has 0 radical (unpaired) electrons. The Morgan fingerprint density at radius 1 is 1.50 bits per heavy atom. The molecule has 0 saturated carbocycles. The molecular formula is C16H24N2O2. The van der Waals surface area contributed by atoms with E-state index < -0.39 is 5.54 Å². The second-order valence-electron chi connectivity index (χ2n) is 5.78. The van der Waals surface area contributed by atoms with Crippen LogP contribution < -0.4 is 10.6 Å². The Kier molecular flexibility index (Phi) is 4.33.